The molecule has 250 valence electrons. The maximum absolute atomic E-state index is 14.2. The number of rotatable bonds is 15. The van der Waals surface area contributed by atoms with E-state index in [1.165, 1.54) is 0 Å². The van der Waals surface area contributed by atoms with E-state index in [0.717, 1.165) is 6.07 Å². The Bertz CT molecular complexity index is 1960. The number of sulfone groups is 1. The molecule has 1 aromatic heterocycles. The molecule has 0 saturated carbocycles. The second kappa shape index (κ2) is 14.7. The molecule has 0 aliphatic carbocycles. The summed E-state index contributed by atoms with van der Waals surface area (Å²) < 4.78 is 131. The molecule has 26 heteroatoms. The van der Waals surface area contributed by atoms with Gasteiger partial charge in [0.05, 0.1) is 36.0 Å². The van der Waals surface area contributed by atoms with Gasteiger partial charge in [0, 0.05) is 21.3 Å². The molecule has 3 aromatic rings. The van der Waals surface area contributed by atoms with Crippen molar-refractivity contribution in [2.45, 2.75) is 14.6 Å². The highest BCUT2D eigenvalue weighted by molar-refractivity contribution is 7.92. The van der Waals surface area contributed by atoms with Crippen LogP contribution in [0.5, 0.6) is 17.2 Å². The summed E-state index contributed by atoms with van der Waals surface area (Å²) in [7, 11) is -15.8. The van der Waals surface area contributed by atoms with Gasteiger partial charge >= 0.3 is 13.1 Å². The molecule has 0 spiro atoms. The van der Waals surface area contributed by atoms with E-state index < -0.39 is 59.9 Å². The number of benzene rings is 2. The molecule has 1 unspecified atom stereocenters. The monoisotopic (exact) mass is 771 g/mol. The van der Waals surface area contributed by atoms with Gasteiger partial charge in [0.2, 0.25) is 0 Å². The van der Waals surface area contributed by atoms with Gasteiger partial charge in [0.1, 0.15) is 32.0 Å². The first kappa shape index (κ1) is 37.2. The fourth-order valence-corrected chi connectivity index (χ4v) is 8.76. The Morgan fingerprint density at radius 2 is 1.57 bits per heavy atom. The van der Waals surface area contributed by atoms with Crippen LogP contribution in [-0.2, 0) is 24.4 Å². The zero-order valence-corrected chi connectivity index (χ0v) is 27.0. The minimum Gasteiger partial charge on any atom is -0.488 e. The first-order valence-electron chi connectivity index (χ1n) is 11.7. The van der Waals surface area contributed by atoms with Gasteiger partial charge in [-0.1, -0.05) is 33.4 Å². The lowest BCUT2D eigenvalue weighted by Crippen LogP contribution is -2.25. The third kappa shape index (κ3) is 8.56. The van der Waals surface area contributed by atoms with Crippen LogP contribution in [0.1, 0.15) is 0 Å². The van der Waals surface area contributed by atoms with Crippen molar-refractivity contribution in [1.82, 2.24) is 4.72 Å². The first-order chi connectivity index (χ1) is 21.4. The van der Waals surface area contributed by atoms with Crippen LogP contribution >= 0.6 is 42.1 Å². The number of nitrogens with one attached hydrogen (secondary N) is 1. The molecular weight excluding hydrogens is 756 g/mol. The summed E-state index contributed by atoms with van der Waals surface area (Å²) >= 11 is 13.5. The SMILES string of the molecule is [N-]=[N+]=NCCOc1c(OCCN=[N+]=[N-])c(Cl)c2sc(S(=O)(=O)NCP(=O)(O)Oc3ccc(S(=O)(=O)C(F)(F)F)c(F)c3)cc2c1Cl. The van der Waals surface area contributed by atoms with Crippen molar-refractivity contribution < 1.29 is 57.9 Å². The molecule has 2 aromatic carbocycles. The summed E-state index contributed by atoms with van der Waals surface area (Å²) in [6.45, 7) is -0.680. The van der Waals surface area contributed by atoms with Gasteiger partial charge < -0.3 is 18.9 Å². The van der Waals surface area contributed by atoms with E-state index in [1.807, 2.05) is 0 Å². The smallest absolute Gasteiger partial charge is 0.488 e. The predicted molar refractivity (Wildman–Crippen MR) is 156 cm³/mol. The Kier molecular flexibility index (Phi) is 11.9. The highest BCUT2D eigenvalue weighted by Crippen LogP contribution is 2.51. The molecule has 1 heterocycles. The molecular formula is C20H16Cl2F4N7O9PS3. The maximum atomic E-state index is 14.2. The molecule has 46 heavy (non-hydrogen) atoms. The Hall–Kier alpha value is -3.23. The van der Waals surface area contributed by atoms with Gasteiger partial charge in [0.25, 0.3) is 19.9 Å². The maximum Gasteiger partial charge on any atom is 0.502 e. The molecule has 0 aliphatic heterocycles. The Morgan fingerprint density at radius 1 is 1.00 bits per heavy atom. The van der Waals surface area contributed by atoms with Crippen LogP contribution in [0.15, 0.2) is 43.6 Å². The van der Waals surface area contributed by atoms with E-state index in [9.17, 15) is 43.9 Å². The lowest BCUT2D eigenvalue weighted by Gasteiger charge is -2.16. The van der Waals surface area contributed by atoms with Gasteiger partial charge in [-0.25, -0.2) is 25.8 Å². The van der Waals surface area contributed by atoms with E-state index in [0.29, 0.717) is 17.4 Å². The fraction of sp³-hybridized carbons (Fsp3) is 0.300. The van der Waals surface area contributed by atoms with Gasteiger partial charge in [-0.3, -0.25) is 0 Å². The van der Waals surface area contributed by atoms with Crippen LogP contribution in [0.25, 0.3) is 31.0 Å². The molecule has 1 atom stereocenters. The number of nitrogens with zero attached hydrogens (tertiary/aromatic N) is 6. The second-order valence-corrected chi connectivity index (χ2v) is 15.8. The average molecular weight is 772 g/mol. The summed E-state index contributed by atoms with van der Waals surface area (Å²) in [5.74, 6) is -3.17. The highest BCUT2D eigenvalue weighted by atomic mass is 35.5. The van der Waals surface area contributed by atoms with E-state index in [-0.39, 0.29) is 70.1 Å². The molecule has 0 fully saturated rings. The lowest BCUT2D eigenvalue weighted by molar-refractivity contribution is -0.0437. The minimum atomic E-state index is -6.09. The number of ether oxygens (including phenoxy) is 2. The van der Waals surface area contributed by atoms with Crippen molar-refractivity contribution >= 4 is 72.1 Å². The average Bonchev–Trinajstić information content (AvgIpc) is 3.42. The third-order valence-corrected chi connectivity index (χ3v) is 11.9. The summed E-state index contributed by atoms with van der Waals surface area (Å²) in [5.41, 5.74) is 11.1. The zero-order valence-electron chi connectivity index (χ0n) is 22.2. The van der Waals surface area contributed by atoms with Gasteiger partial charge in [-0.15, -0.1) is 11.3 Å². The second-order valence-electron chi connectivity index (χ2n) is 8.28. The summed E-state index contributed by atoms with van der Waals surface area (Å²) in [6.07, 6.45) is -1.34. The molecule has 0 saturated heterocycles. The van der Waals surface area contributed by atoms with E-state index >= 15 is 0 Å². The summed E-state index contributed by atoms with van der Waals surface area (Å²) in [6, 6.07) is 1.77. The highest BCUT2D eigenvalue weighted by Gasteiger charge is 2.48. The van der Waals surface area contributed by atoms with Crippen LogP contribution < -0.4 is 18.7 Å². The van der Waals surface area contributed by atoms with E-state index in [1.54, 1.807) is 4.72 Å². The predicted octanol–water partition coefficient (Wildman–Crippen LogP) is 6.52. The number of hydrogen-bond acceptors (Lipinski definition) is 11. The Morgan fingerprint density at radius 3 is 2.09 bits per heavy atom. The van der Waals surface area contributed by atoms with Crippen LogP contribution in [0.2, 0.25) is 10.0 Å². The number of alkyl halides is 3. The lowest BCUT2D eigenvalue weighted by atomic mass is 10.2. The number of azide groups is 2. The number of sulfonamides is 1. The van der Waals surface area contributed by atoms with Crippen molar-refractivity contribution in [2.24, 2.45) is 10.2 Å². The number of fused-ring (bicyclic) bond motifs is 1. The number of halogens is 6. The van der Waals surface area contributed by atoms with Crippen molar-refractivity contribution in [1.29, 1.82) is 0 Å². The Balaban J connectivity index is 1.88. The zero-order chi connectivity index (χ0) is 34.5. The molecule has 0 aliphatic rings. The Labute approximate surface area is 269 Å². The molecule has 0 bridgehead atoms. The number of thiophene rings is 1. The van der Waals surface area contributed by atoms with Gasteiger partial charge in [-0.2, -0.15) is 17.9 Å². The normalized spacial score (nSPS) is 13.4. The molecule has 0 amide bonds. The largest absolute Gasteiger partial charge is 0.502 e. The van der Waals surface area contributed by atoms with E-state index in [2.05, 4.69) is 24.6 Å². The fourth-order valence-electron chi connectivity index (χ4n) is 3.29. The van der Waals surface area contributed by atoms with Crippen molar-refractivity contribution in [3.05, 3.63) is 61.0 Å². The van der Waals surface area contributed by atoms with Crippen LogP contribution in [0.3, 0.4) is 0 Å². The van der Waals surface area contributed by atoms with Crippen LogP contribution in [-0.4, -0.2) is 59.8 Å². The van der Waals surface area contributed by atoms with Crippen molar-refractivity contribution in [2.75, 3.05) is 32.6 Å². The standard InChI is InChI=1S/C20H16Cl2F4N7O9PS3/c21-15-11-8-14(44-19(11)16(22)18(41-6-4-30-33-28)17(15)40-5-3-29-32-27)46(38,39)31-9-43(34,35)42-10-1-2-13(12(23)7-10)45(36,37)20(24,25)26/h1-2,7-8,31H,3-6,9H2,(H,34,35). The van der Waals surface area contributed by atoms with Crippen LogP contribution in [0, 0.1) is 5.82 Å². The van der Waals surface area contributed by atoms with Gasteiger partial charge in [-0.05, 0) is 29.3 Å². The van der Waals surface area contributed by atoms with Crippen molar-refractivity contribution in [3.8, 4) is 17.2 Å². The third-order valence-electron chi connectivity index (χ3n) is 5.22. The molecule has 0 radical (unpaired) electrons. The molecule has 3 rings (SSSR count). The molecule has 16 nitrogen and oxygen atoms in total. The summed E-state index contributed by atoms with van der Waals surface area (Å²) in [5, 5.41) is 6.28. The van der Waals surface area contributed by atoms with Gasteiger partial charge in [0.15, 0.2) is 11.5 Å². The molecule has 2 N–H and O–H groups in total. The first-order valence-corrected chi connectivity index (χ1v) is 18.0. The summed E-state index contributed by atoms with van der Waals surface area (Å²) in [4.78, 5) is 13.5. The van der Waals surface area contributed by atoms with E-state index in [4.69, 9.17) is 43.7 Å². The van der Waals surface area contributed by atoms with Crippen LogP contribution in [0.4, 0.5) is 17.6 Å². The quantitative estimate of drug-likeness (QED) is 0.0426. The van der Waals surface area contributed by atoms with Crippen molar-refractivity contribution in [3.63, 3.8) is 0 Å². The topological polar surface area (TPSA) is 243 Å². The minimum absolute atomic E-state index is 0.0334. The number of hydrogen-bond donors (Lipinski definition) is 2.